The summed E-state index contributed by atoms with van der Waals surface area (Å²) < 4.78 is 0. The Morgan fingerprint density at radius 2 is 1.82 bits per heavy atom. The second-order valence-electron chi connectivity index (χ2n) is 11.5. The second-order valence-corrected chi connectivity index (χ2v) is 11.5. The number of aryl methyl sites for hydroxylation is 1. The average Bonchev–Trinajstić information content (AvgIpc) is 3.22. The minimum atomic E-state index is -0.158. The molecule has 1 aliphatic rings. The van der Waals surface area contributed by atoms with Crippen LogP contribution in [-0.4, -0.2) is 44.4 Å². The Labute approximate surface area is 237 Å². The number of anilines is 3. The first-order valence-electron chi connectivity index (χ1n) is 14.0. The van der Waals surface area contributed by atoms with E-state index in [1.807, 2.05) is 55.5 Å². The number of hydrogen-bond donors (Lipinski definition) is 2. The van der Waals surface area contributed by atoms with Gasteiger partial charge in [-0.25, -0.2) is 9.97 Å². The lowest BCUT2D eigenvalue weighted by Gasteiger charge is -2.36. The molecule has 0 aliphatic carbocycles. The van der Waals surface area contributed by atoms with E-state index in [0.29, 0.717) is 17.4 Å². The zero-order valence-electron chi connectivity index (χ0n) is 23.8. The monoisotopic (exact) mass is 534 g/mol. The highest BCUT2D eigenvalue weighted by atomic mass is 16.1. The number of amides is 1. The summed E-state index contributed by atoms with van der Waals surface area (Å²) in [6, 6.07) is 19.7. The van der Waals surface area contributed by atoms with Crippen molar-refractivity contribution in [1.82, 2.24) is 19.9 Å². The molecule has 7 nitrogen and oxygen atoms in total. The van der Waals surface area contributed by atoms with Crippen LogP contribution >= 0.6 is 0 Å². The van der Waals surface area contributed by atoms with Gasteiger partial charge in [0.15, 0.2) is 0 Å². The van der Waals surface area contributed by atoms with Crippen molar-refractivity contribution in [1.29, 1.82) is 0 Å². The third-order valence-corrected chi connectivity index (χ3v) is 7.62. The molecule has 2 aromatic heterocycles. The van der Waals surface area contributed by atoms with E-state index in [1.54, 1.807) is 18.6 Å². The molecule has 2 aromatic carbocycles. The highest BCUT2D eigenvalue weighted by Crippen LogP contribution is 2.31. The first-order chi connectivity index (χ1) is 19.3. The first kappa shape index (κ1) is 27.5. The van der Waals surface area contributed by atoms with E-state index in [-0.39, 0.29) is 11.4 Å². The van der Waals surface area contributed by atoms with Crippen LogP contribution in [0, 0.1) is 6.92 Å². The molecule has 1 aliphatic heterocycles. The highest BCUT2D eigenvalue weighted by Gasteiger charge is 2.27. The zero-order chi connectivity index (χ0) is 28.1. The smallest absolute Gasteiger partial charge is 0.255 e. The van der Waals surface area contributed by atoms with Crippen molar-refractivity contribution in [3.63, 3.8) is 0 Å². The van der Waals surface area contributed by atoms with Gasteiger partial charge in [-0.3, -0.25) is 14.7 Å². The summed E-state index contributed by atoms with van der Waals surface area (Å²) in [7, 11) is 0. The number of nitrogens with one attached hydrogen (secondary N) is 2. The number of rotatable bonds is 6. The Kier molecular flexibility index (Phi) is 8.21. The Morgan fingerprint density at radius 1 is 1.00 bits per heavy atom. The third-order valence-electron chi connectivity index (χ3n) is 7.62. The topological polar surface area (TPSA) is 83.0 Å². The molecule has 2 N–H and O–H groups in total. The third kappa shape index (κ3) is 6.72. The molecule has 0 radical (unpaired) electrons. The molecule has 1 fully saturated rings. The normalized spacial score (nSPS) is 16.2. The molecule has 3 heterocycles. The van der Waals surface area contributed by atoms with Crippen LogP contribution in [0.15, 0.2) is 79.3 Å². The summed E-state index contributed by atoms with van der Waals surface area (Å²) in [4.78, 5) is 28.9. The van der Waals surface area contributed by atoms with Crippen molar-refractivity contribution in [2.45, 2.75) is 58.4 Å². The van der Waals surface area contributed by atoms with Crippen molar-refractivity contribution in [2.75, 3.05) is 23.7 Å². The van der Waals surface area contributed by atoms with Gasteiger partial charge in [-0.1, -0.05) is 24.6 Å². The summed E-state index contributed by atoms with van der Waals surface area (Å²) in [6.07, 6.45) is 8.91. The summed E-state index contributed by atoms with van der Waals surface area (Å²) in [5, 5.41) is 6.34. The fourth-order valence-electron chi connectivity index (χ4n) is 5.18. The highest BCUT2D eigenvalue weighted by molar-refractivity contribution is 6.05. The predicted molar refractivity (Wildman–Crippen MR) is 162 cm³/mol. The number of benzene rings is 2. The Morgan fingerprint density at radius 3 is 2.58 bits per heavy atom. The maximum Gasteiger partial charge on any atom is 0.255 e. The lowest BCUT2D eigenvalue weighted by atomic mass is 9.93. The number of hydrogen-bond acceptors (Lipinski definition) is 6. The molecule has 5 rings (SSSR count). The standard InChI is InChI=1S/C33H38N6O/c1-23-10-11-25(20-30(23)38-32-35-18-16-29(37-32)26-9-7-17-34-21-26)31(40)36-28-14-12-24(13-15-28)27-8-5-6-19-39(22-27)33(2,3)4/h7,9-18,20-21,27H,5-6,8,19,22H2,1-4H3,(H,36,40)(H,35,37,38). The predicted octanol–water partition coefficient (Wildman–Crippen LogP) is 7.21. The molecule has 206 valence electrons. The average molecular weight is 535 g/mol. The number of aromatic nitrogens is 3. The van der Waals surface area contributed by atoms with Gasteiger partial charge in [-0.2, -0.15) is 0 Å². The van der Waals surface area contributed by atoms with Crippen LogP contribution in [0.5, 0.6) is 0 Å². The molecule has 4 aromatic rings. The lowest BCUT2D eigenvalue weighted by Crippen LogP contribution is -2.43. The van der Waals surface area contributed by atoms with Gasteiger partial charge in [0.1, 0.15) is 0 Å². The van der Waals surface area contributed by atoms with E-state index in [1.165, 1.54) is 24.8 Å². The molecule has 1 amide bonds. The van der Waals surface area contributed by atoms with Crippen LogP contribution < -0.4 is 10.6 Å². The minimum Gasteiger partial charge on any atom is -0.324 e. The van der Waals surface area contributed by atoms with Crippen molar-refractivity contribution in [3.8, 4) is 11.3 Å². The van der Waals surface area contributed by atoms with E-state index in [4.69, 9.17) is 0 Å². The molecule has 0 bridgehead atoms. The first-order valence-corrected chi connectivity index (χ1v) is 14.0. The molecule has 7 heteroatoms. The van der Waals surface area contributed by atoms with Crippen molar-refractivity contribution in [2.24, 2.45) is 0 Å². The summed E-state index contributed by atoms with van der Waals surface area (Å²) in [6.45, 7) is 11.1. The fourth-order valence-corrected chi connectivity index (χ4v) is 5.18. The van der Waals surface area contributed by atoms with Crippen LogP contribution in [0.3, 0.4) is 0 Å². The van der Waals surface area contributed by atoms with Gasteiger partial charge in [-0.15, -0.1) is 0 Å². The maximum atomic E-state index is 13.2. The number of pyridine rings is 1. The Bertz CT molecular complexity index is 1450. The van der Waals surface area contributed by atoms with Crippen molar-refractivity contribution < 1.29 is 4.79 Å². The number of likely N-dealkylation sites (tertiary alicyclic amines) is 1. The number of carbonyl (C=O) groups is 1. The van der Waals surface area contributed by atoms with Crippen LogP contribution in [0.25, 0.3) is 11.3 Å². The van der Waals surface area contributed by atoms with Crippen molar-refractivity contribution >= 4 is 23.2 Å². The Balaban J connectivity index is 1.26. The SMILES string of the molecule is Cc1ccc(C(=O)Nc2ccc(C3CCCCN(C(C)(C)C)C3)cc2)cc1Nc1nccc(-c2cccnc2)n1. The molecule has 1 saturated heterocycles. The van der Waals surface area contributed by atoms with Gasteiger partial charge in [0.05, 0.1) is 5.69 Å². The lowest BCUT2D eigenvalue weighted by molar-refractivity contribution is 0.102. The molecular formula is C33H38N6O. The molecule has 0 saturated carbocycles. The van der Waals surface area contributed by atoms with Gasteiger partial charge in [0, 0.05) is 53.2 Å². The van der Waals surface area contributed by atoms with E-state index < -0.39 is 0 Å². The van der Waals surface area contributed by atoms with Crippen LogP contribution in [0.2, 0.25) is 0 Å². The number of nitrogens with zero attached hydrogens (tertiary/aromatic N) is 4. The summed E-state index contributed by atoms with van der Waals surface area (Å²) in [5.74, 6) is 0.812. The van der Waals surface area contributed by atoms with Gasteiger partial charge in [0.25, 0.3) is 5.91 Å². The molecule has 1 atom stereocenters. The van der Waals surface area contributed by atoms with Gasteiger partial charge in [-0.05, 0) is 107 Å². The summed E-state index contributed by atoms with van der Waals surface area (Å²) >= 11 is 0. The van der Waals surface area contributed by atoms with Gasteiger partial charge >= 0.3 is 0 Å². The maximum absolute atomic E-state index is 13.2. The largest absolute Gasteiger partial charge is 0.324 e. The summed E-state index contributed by atoms with van der Waals surface area (Å²) in [5.41, 5.74) is 6.32. The zero-order valence-corrected chi connectivity index (χ0v) is 23.8. The molecule has 0 spiro atoms. The Hall–Kier alpha value is -4.10. The van der Waals surface area contributed by atoms with Crippen molar-refractivity contribution in [3.05, 3.63) is 95.9 Å². The van der Waals surface area contributed by atoms with Gasteiger partial charge < -0.3 is 10.6 Å². The fraction of sp³-hybridized carbons (Fsp3) is 0.333. The van der Waals surface area contributed by atoms with E-state index in [0.717, 1.165) is 41.3 Å². The second kappa shape index (κ2) is 12.0. The molecule has 1 unspecified atom stereocenters. The van der Waals surface area contributed by atoms with E-state index in [2.05, 4.69) is 63.4 Å². The van der Waals surface area contributed by atoms with E-state index >= 15 is 0 Å². The van der Waals surface area contributed by atoms with Gasteiger partial charge in [0.2, 0.25) is 5.95 Å². The molecule has 40 heavy (non-hydrogen) atoms. The van der Waals surface area contributed by atoms with Crippen LogP contribution in [0.4, 0.5) is 17.3 Å². The number of carbonyl (C=O) groups excluding carboxylic acids is 1. The van der Waals surface area contributed by atoms with E-state index in [9.17, 15) is 4.79 Å². The molecular weight excluding hydrogens is 496 g/mol. The van der Waals surface area contributed by atoms with Crippen LogP contribution in [-0.2, 0) is 0 Å². The minimum absolute atomic E-state index is 0.158. The quantitative estimate of drug-likeness (QED) is 0.272. The van der Waals surface area contributed by atoms with Crippen LogP contribution in [0.1, 0.15) is 67.4 Å².